The van der Waals surface area contributed by atoms with Crippen LogP contribution in [-0.4, -0.2) is 23.3 Å². The Morgan fingerprint density at radius 1 is 1.38 bits per heavy atom. The van der Waals surface area contributed by atoms with Gasteiger partial charge in [0.15, 0.2) is 5.13 Å². The van der Waals surface area contributed by atoms with Crippen molar-refractivity contribution in [2.75, 3.05) is 11.9 Å². The molecular weight excluding hydrogens is 286 g/mol. The van der Waals surface area contributed by atoms with Crippen molar-refractivity contribution in [1.29, 1.82) is 0 Å². The number of anilines is 1. The lowest BCUT2D eigenvalue weighted by Gasteiger charge is -2.05. The van der Waals surface area contributed by atoms with Crippen molar-refractivity contribution >= 4 is 28.3 Å². The van der Waals surface area contributed by atoms with Gasteiger partial charge in [0.1, 0.15) is 0 Å². The number of carbonyl (C=O) groups excluding carboxylic acids is 2. The number of hydrogen-bond donors (Lipinski definition) is 2. The number of aromatic nitrogens is 1. The molecule has 1 atom stereocenters. The van der Waals surface area contributed by atoms with E-state index in [-0.39, 0.29) is 24.2 Å². The molecule has 0 unspecified atom stereocenters. The van der Waals surface area contributed by atoms with Gasteiger partial charge in [-0.1, -0.05) is 30.3 Å². The Morgan fingerprint density at radius 2 is 2.19 bits per heavy atom. The molecule has 0 bridgehead atoms. The topological polar surface area (TPSA) is 71.1 Å². The molecule has 108 valence electrons. The summed E-state index contributed by atoms with van der Waals surface area (Å²) in [7, 11) is 0. The maximum absolute atomic E-state index is 12.0. The fraction of sp³-hybridized carbons (Fsp3) is 0.267. The summed E-state index contributed by atoms with van der Waals surface area (Å²) in [5.74, 6) is -0.507. The van der Waals surface area contributed by atoms with Crippen LogP contribution in [0.5, 0.6) is 0 Å². The van der Waals surface area contributed by atoms with E-state index in [9.17, 15) is 9.59 Å². The Hall–Kier alpha value is -2.21. The number of amides is 2. The van der Waals surface area contributed by atoms with E-state index >= 15 is 0 Å². The molecule has 1 aliphatic heterocycles. The van der Waals surface area contributed by atoms with E-state index in [4.69, 9.17) is 0 Å². The van der Waals surface area contributed by atoms with Crippen molar-refractivity contribution in [3.8, 4) is 0 Å². The molecule has 2 N–H and O–H groups in total. The first-order valence-electron chi connectivity index (χ1n) is 6.76. The van der Waals surface area contributed by atoms with E-state index in [1.165, 1.54) is 16.9 Å². The van der Waals surface area contributed by atoms with E-state index in [0.717, 1.165) is 12.1 Å². The van der Waals surface area contributed by atoms with Crippen LogP contribution < -0.4 is 10.6 Å². The molecule has 1 saturated heterocycles. The number of carbonyl (C=O) groups is 2. The Balaban J connectivity index is 1.60. The summed E-state index contributed by atoms with van der Waals surface area (Å²) in [6, 6.07) is 10.1. The molecule has 21 heavy (non-hydrogen) atoms. The van der Waals surface area contributed by atoms with Crippen molar-refractivity contribution in [2.24, 2.45) is 5.92 Å². The number of thiazole rings is 1. The molecule has 0 spiro atoms. The van der Waals surface area contributed by atoms with E-state index in [1.807, 2.05) is 35.7 Å². The molecule has 0 aliphatic carbocycles. The summed E-state index contributed by atoms with van der Waals surface area (Å²) >= 11 is 1.41. The number of rotatable bonds is 4. The Labute approximate surface area is 126 Å². The molecule has 1 aromatic heterocycles. The van der Waals surface area contributed by atoms with E-state index in [2.05, 4.69) is 15.6 Å². The number of nitrogens with zero attached hydrogens (tertiary/aromatic N) is 1. The monoisotopic (exact) mass is 301 g/mol. The second kappa shape index (κ2) is 6.05. The molecule has 2 aromatic rings. The quantitative estimate of drug-likeness (QED) is 0.904. The van der Waals surface area contributed by atoms with Gasteiger partial charge < -0.3 is 10.6 Å². The molecule has 0 radical (unpaired) electrons. The minimum absolute atomic E-state index is 0.0703. The van der Waals surface area contributed by atoms with E-state index < -0.39 is 0 Å². The van der Waals surface area contributed by atoms with Crippen LogP contribution in [0.3, 0.4) is 0 Å². The summed E-state index contributed by atoms with van der Waals surface area (Å²) in [4.78, 5) is 27.5. The van der Waals surface area contributed by atoms with Crippen molar-refractivity contribution in [2.45, 2.75) is 12.8 Å². The minimum Gasteiger partial charge on any atom is -0.355 e. The first-order valence-corrected chi connectivity index (χ1v) is 7.64. The summed E-state index contributed by atoms with van der Waals surface area (Å²) in [5.41, 5.74) is 2.12. The lowest BCUT2D eigenvalue weighted by Crippen LogP contribution is -2.24. The van der Waals surface area contributed by atoms with Gasteiger partial charge in [-0.3, -0.25) is 9.59 Å². The zero-order valence-corrected chi connectivity index (χ0v) is 12.2. The summed E-state index contributed by atoms with van der Waals surface area (Å²) < 4.78 is 0. The number of hydrogen-bond acceptors (Lipinski definition) is 4. The van der Waals surface area contributed by atoms with Gasteiger partial charge in [0, 0.05) is 24.8 Å². The highest BCUT2D eigenvalue weighted by Crippen LogP contribution is 2.20. The standard InChI is InChI=1S/C15H15N3O2S/c19-13-7-11(8-16-13)14(20)18-15-17-12(9-21-15)6-10-4-2-1-3-5-10/h1-5,9,11H,6-8H2,(H,16,19)(H,17,18,20)/t11-/m0/s1. The van der Waals surface area contributed by atoms with Gasteiger partial charge in [-0.2, -0.15) is 0 Å². The third-order valence-corrected chi connectivity index (χ3v) is 4.16. The van der Waals surface area contributed by atoms with Crippen LogP contribution in [0, 0.1) is 5.92 Å². The Bertz CT molecular complexity index is 654. The van der Waals surface area contributed by atoms with Crippen LogP contribution in [0.1, 0.15) is 17.7 Å². The number of benzene rings is 1. The second-order valence-corrected chi connectivity index (χ2v) is 5.86. The Kier molecular flexibility index (Phi) is 3.96. The maximum Gasteiger partial charge on any atom is 0.231 e. The average Bonchev–Trinajstić information content (AvgIpc) is 3.09. The van der Waals surface area contributed by atoms with Crippen LogP contribution in [0.25, 0.3) is 0 Å². The van der Waals surface area contributed by atoms with Crippen LogP contribution in [-0.2, 0) is 16.0 Å². The van der Waals surface area contributed by atoms with Crippen molar-refractivity contribution in [3.63, 3.8) is 0 Å². The third kappa shape index (κ3) is 3.46. The summed E-state index contributed by atoms with van der Waals surface area (Å²) in [6.07, 6.45) is 1.00. The van der Waals surface area contributed by atoms with E-state index in [1.54, 1.807) is 0 Å². The molecule has 5 nitrogen and oxygen atoms in total. The van der Waals surface area contributed by atoms with Gasteiger partial charge in [-0.25, -0.2) is 4.98 Å². The summed E-state index contributed by atoms with van der Waals surface area (Å²) in [5, 5.41) is 7.98. The van der Waals surface area contributed by atoms with Crippen molar-refractivity contribution < 1.29 is 9.59 Å². The van der Waals surface area contributed by atoms with Gasteiger partial charge in [-0.05, 0) is 5.56 Å². The SMILES string of the molecule is O=C1C[C@H](C(=O)Nc2nc(Cc3ccccc3)cs2)CN1. The molecule has 3 rings (SSSR count). The molecule has 1 aromatic carbocycles. The van der Waals surface area contributed by atoms with Gasteiger partial charge in [0.25, 0.3) is 0 Å². The molecule has 2 amide bonds. The highest BCUT2D eigenvalue weighted by atomic mass is 32.1. The molecular formula is C15H15N3O2S. The largest absolute Gasteiger partial charge is 0.355 e. The van der Waals surface area contributed by atoms with Crippen molar-refractivity contribution in [3.05, 3.63) is 47.0 Å². The highest BCUT2D eigenvalue weighted by Gasteiger charge is 2.28. The minimum atomic E-state index is -0.293. The highest BCUT2D eigenvalue weighted by molar-refractivity contribution is 7.13. The third-order valence-electron chi connectivity index (χ3n) is 3.36. The van der Waals surface area contributed by atoms with Crippen LogP contribution in [0.4, 0.5) is 5.13 Å². The van der Waals surface area contributed by atoms with Crippen LogP contribution in [0.15, 0.2) is 35.7 Å². The Morgan fingerprint density at radius 3 is 2.90 bits per heavy atom. The number of nitrogens with one attached hydrogen (secondary N) is 2. The van der Waals surface area contributed by atoms with Gasteiger partial charge in [0.2, 0.25) is 11.8 Å². The smallest absolute Gasteiger partial charge is 0.231 e. The second-order valence-electron chi connectivity index (χ2n) is 5.00. The molecule has 1 fully saturated rings. The van der Waals surface area contributed by atoms with Crippen LogP contribution >= 0.6 is 11.3 Å². The molecule has 2 heterocycles. The summed E-state index contributed by atoms with van der Waals surface area (Å²) in [6.45, 7) is 0.410. The van der Waals surface area contributed by atoms with E-state index in [0.29, 0.717) is 11.7 Å². The van der Waals surface area contributed by atoms with Gasteiger partial charge >= 0.3 is 0 Å². The maximum atomic E-state index is 12.0. The van der Waals surface area contributed by atoms with Gasteiger partial charge in [-0.15, -0.1) is 11.3 Å². The fourth-order valence-electron chi connectivity index (χ4n) is 2.25. The predicted molar refractivity (Wildman–Crippen MR) is 81.1 cm³/mol. The first-order chi connectivity index (χ1) is 10.2. The fourth-order valence-corrected chi connectivity index (χ4v) is 2.96. The lowest BCUT2D eigenvalue weighted by atomic mass is 10.1. The molecule has 0 saturated carbocycles. The first kappa shape index (κ1) is 13.8. The normalized spacial score (nSPS) is 17.5. The zero-order chi connectivity index (χ0) is 14.7. The predicted octanol–water partition coefficient (Wildman–Crippen LogP) is 1.81. The zero-order valence-electron chi connectivity index (χ0n) is 11.3. The van der Waals surface area contributed by atoms with Gasteiger partial charge in [0.05, 0.1) is 11.6 Å². The molecule has 6 heteroatoms. The van der Waals surface area contributed by atoms with Crippen molar-refractivity contribution in [1.82, 2.24) is 10.3 Å². The van der Waals surface area contributed by atoms with Crippen LogP contribution in [0.2, 0.25) is 0 Å². The average molecular weight is 301 g/mol. The molecule has 1 aliphatic rings. The lowest BCUT2D eigenvalue weighted by molar-refractivity contribution is -0.123.